The molecule has 0 bridgehead atoms. The predicted octanol–water partition coefficient (Wildman–Crippen LogP) is 2.68. The van der Waals surface area contributed by atoms with Crippen molar-refractivity contribution in [3.63, 3.8) is 0 Å². The largest absolute Gasteiger partial charge is 0.310 e. The summed E-state index contributed by atoms with van der Waals surface area (Å²) < 4.78 is 1.90. The van der Waals surface area contributed by atoms with Gasteiger partial charge in [-0.25, -0.2) is 14.6 Å². The smallest absolute Gasteiger partial charge is 0.250 e. The fraction of sp³-hybridized carbons (Fsp3) is 0.562. The van der Waals surface area contributed by atoms with Crippen molar-refractivity contribution < 1.29 is 0 Å². The van der Waals surface area contributed by atoms with E-state index in [-0.39, 0.29) is 5.41 Å². The summed E-state index contributed by atoms with van der Waals surface area (Å²) in [5.41, 5.74) is 2.80. The topological polar surface area (TPSA) is 55.6 Å². The van der Waals surface area contributed by atoms with E-state index in [1.165, 1.54) is 11.3 Å². The van der Waals surface area contributed by atoms with Gasteiger partial charge in [0.25, 0.3) is 5.95 Å². The van der Waals surface area contributed by atoms with Crippen molar-refractivity contribution in [2.45, 2.75) is 46.1 Å². The lowest BCUT2D eigenvalue weighted by Crippen LogP contribution is -2.34. The van der Waals surface area contributed by atoms with E-state index >= 15 is 0 Å². The lowest BCUT2D eigenvalue weighted by Gasteiger charge is -2.35. The fourth-order valence-corrected chi connectivity index (χ4v) is 3.12. The first-order valence-electron chi connectivity index (χ1n) is 7.68. The van der Waals surface area contributed by atoms with Crippen LogP contribution >= 0.6 is 0 Å². The number of hydrogen-bond acceptors (Lipinski definition) is 4. The SMILES string of the molecule is CCCNC1CC(C)(C)Cc2c1cnn2-c1ncccn1. The van der Waals surface area contributed by atoms with Gasteiger partial charge < -0.3 is 5.32 Å². The monoisotopic (exact) mass is 285 g/mol. The Balaban J connectivity index is 2.00. The molecule has 21 heavy (non-hydrogen) atoms. The lowest BCUT2D eigenvalue weighted by atomic mass is 9.74. The van der Waals surface area contributed by atoms with Gasteiger partial charge in [0.2, 0.25) is 0 Å². The second kappa shape index (κ2) is 5.56. The minimum Gasteiger partial charge on any atom is -0.310 e. The van der Waals surface area contributed by atoms with Crippen molar-refractivity contribution in [1.29, 1.82) is 0 Å². The Morgan fingerprint density at radius 1 is 1.33 bits per heavy atom. The first kappa shape index (κ1) is 14.2. The van der Waals surface area contributed by atoms with E-state index in [2.05, 4.69) is 41.2 Å². The van der Waals surface area contributed by atoms with Crippen molar-refractivity contribution in [2.24, 2.45) is 5.41 Å². The molecule has 0 aliphatic heterocycles. The maximum Gasteiger partial charge on any atom is 0.250 e. The Bertz CT molecular complexity index is 602. The van der Waals surface area contributed by atoms with Gasteiger partial charge >= 0.3 is 0 Å². The van der Waals surface area contributed by atoms with E-state index in [1.807, 2.05) is 16.9 Å². The Kier molecular flexibility index (Phi) is 3.76. The molecule has 2 aromatic rings. The van der Waals surface area contributed by atoms with Crippen LogP contribution in [-0.4, -0.2) is 26.3 Å². The summed E-state index contributed by atoms with van der Waals surface area (Å²) in [5.74, 6) is 0.658. The molecule has 1 aliphatic rings. The molecule has 0 amide bonds. The molecule has 3 rings (SSSR count). The standard InChI is InChI=1S/C16H23N5/c1-4-6-17-13-9-16(2,3)10-14-12(13)11-20-21(14)15-18-7-5-8-19-15/h5,7-8,11,13,17H,4,6,9-10H2,1-3H3. The zero-order chi connectivity index (χ0) is 14.9. The van der Waals surface area contributed by atoms with Crippen molar-refractivity contribution in [2.75, 3.05) is 6.54 Å². The van der Waals surface area contributed by atoms with Crippen molar-refractivity contribution in [3.05, 3.63) is 35.9 Å². The van der Waals surface area contributed by atoms with E-state index in [9.17, 15) is 0 Å². The number of aromatic nitrogens is 4. The van der Waals surface area contributed by atoms with Crippen molar-refractivity contribution in [3.8, 4) is 5.95 Å². The molecule has 5 nitrogen and oxygen atoms in total. The molecule has 0 saturated carbocycles. The highest BCUT2D eigenvalue weighted by molar-refractivity contribution is 5.31. The molecule has 2 heterocycles. The van der Waals surface area contributed by atoms with Crippen LogP contribution in [0, 0.1) is 5.41 Å². The minimum absolute atomic E-state index is 0.255. The molecule has 0 saturated heterocycles. The summed E-state index contributed by atoms with van der Waals surface area (Å²) in [6, 6.07) is 2.20. The third-order valence-electron chi connectivity index (χ3n) is 4.06. The summed E-state index contributed by atoms with van der Waals surface area (Å²) in [6.45, 7) is 7.87. The third kappa shape index (κ3) is 2.83. The number of hydrogen-bond donors (Lipinski definition) is 1. The Labute approximate surface area is 125 Å². The van der Waals surface area contributed by atoms with Crippen LogP contribution in [0.25, 0.3) is 5.95 Å². The molecule has 112 valence electrons. The van der Waals surface area contributed by atoms with E-state index in [1.54, 1.807) is 12.4 Å². The fourth-order valence-electron chi connectivity index (χ4n) is 3.12. The molecule has 0 spiro atoms. The summed E-state index contributed by atoms with van der Waals surface area (Å²) in [6.07, 6.45) is 8.79. The number of rotatable bonds is 4. The molecular weight excluding hydrogens is 262 g/mol. The third-order valence-corrected chi connectivity index (χ3v) is 4.06. The van der Waals surface area contributed by atoms with Gasteiger partial charge in [0, 0.05) is 24.0 Å². The van der Waals surface area contributed by atoms with Crippen molar-refractivity contribution in [1.82, 2.24) is 25.1 Å². The first-order valence-corrected chi connectivity index (χ1v) is 7.68. The molecule has 1 unspecified atom stereocenters. The average Bonchev–Trinajstić information content (AvgIpc) is 2.88. The van der Waals surface area contributed by atoms with Crippen LogP contribution in [-0.2, 0) is 6.42 Å². The van der Waals surface area contributed by atoms with Gasteiger partial charge in [-0.1, -0.05) is 20.8 Å². The quantitative estimate of drug-likeness (QED) is 0.938. The summed E-state index contributed by atoms with van der Waals surface area (Å²) in [7, 11) is 0. The number of nitrogens with zero attached hydrogens (tertiary/aromatic N) is 4. The van der Waals surface area contributed by atoms with Crippen LogP contribution < -0.4 is 5.32 Å². The second-order valence-electron chi connectivity index (χ2n) is 6.56. The van der Waals surface area contributed by atoms with Crippen LogP contribution in [0.5, 0.6) is 0 Å². The molecule has 1 aliphatic carbocycles. The number of nitrogens with one attached hydrogen (secondary N) is 1. The van der Waals surface area contributed by atoms with E-state index in [4.69, 9.17) is 0 Å². The summed E-state index contributed by atoms with van der Waals surface area (Å²) >= 11 is 0. The van der Waals surface area contributed by atoms with Crippen LogP contribution in [0.4, 0.5) is 0 Å². The highest BCUT2D eigenvalue weighted by Crippen LogP contribution is 2.41. The second-order valence-corrected chi connectivity index (χ2v) is 6.56. The zero-order valence-corrected chi connectivity index (χ0v) is 13.0. The van der Waals surface area contributed by atoms with Gasteiger partial charge in [-0.15, -0.1) is 0 Å². The Hall–Kier alpha value is -1.75. The Morgan fingerprint density at radius 3 is 2.81 bits per heavy atom. The molecule has 0 fully saturated rings. The Morgan fingerprint density at radius 2 is 2.10 bits per heavy atom. The van der Waals surface area contributed by atoms with Gasteiger partial charge in [-0.2, -0.15) is 5.10 Å². The van der Waals surface area contributed by atoms with Crippen LogP contribution in [0.2, 0.25) is 0 Å². The van der Waals surface area contributed by atoms with Gasteiger partial charge in [-0.3, -0.25) is 0 Å². The van der Waals surface area contributed by atoms with Crippen LogP contribution in [0.15, 0.2) is 24.7 Å². The van der Waals surface area contributed by atoms with Crippen LogP contribution in [0.1, 0.15) is 50.9 Å². The zero-order valence-electron chi connectivity index (χ0n) is 13.0. The molecule has 0 aromatic carbocycles. The molecule has 5 heteroatoms. The van der Waals surface area contributed by atoms with Crippen LogP contribution in [0.3, 0.4) is 0 Å². The first-order chi connectivity index (χ1) is 10.1. The van der Waals surface area contributed by atoms with E-state index < -0.39 is 0 Å². The summed E-state index contributed by atoms with van der Waals surface area (Å²) in [4.78, 5) is 8.67. The molecule has 1 N–H and O–H groups in total. The normalized spacial score (nSPS) is 20.2. The minimum atomic E-state index is 0.255. The lowest BCUT2D eigenvalue weighted by molar-refractivity contribution is 0.253. The maximum absolute atomic E-state index is 4.54. The molecular formula is C16H23N5. The maximum atomic E-state index is 4.54. The highest BCUT2D eigenvalue weighted by Gasteiger charge is 2.35. The van der Waals surface area contributed by atoms with Gasteiger partial charge in [0.05, 0.1) is 11.9 Å². The highest BCUT2D eigenvalue weighted by atomic mass is 15.3. The molecule has 2 aromatic heterocycles. The van der Waals surface area contributed by atoms with Crippen molar-refractivity contribution >= 4 is 0 Å². The molecule has 0 radical (unpaired) electrons. The van der Waals surface area contributed by atoms with Gasteiger partial charge in [-0.05, 0) is 37.3 Å². The van der Waals surface area contributed by atoms with Gasteiger partial charge in [0.1, 0.15) is 0 Å². The van der Waals surface area contributed by atoms with E-state index in [0.29, 0.717) is 12.0 Å². The average molecular weight is 285 g/mol. The predicted molar refractivity (Wildman–Crippen MR) is 82.3 cm³/mol. The van der Waals surface area contributed by atoms with Gasteiger partial charge in [0.15, 0.2) is 0 Å². The van der Waals surface area contributed by atoms with E-state index in [0.717, 1.165) is 25.8 Å². The molecule has 1 atom stereocenters. The summed E-state index contributed by atoms with van der Waals surface area (Å²) in [5, 5.41) is 8.20. The number of fused-ring (bicyclic) bond motifs is 1.